The monoisotopic (exact) mass is 357 g/mol. The van der Waals surface area contributed by atoms with Gasteiger partial charge in [-0.2, -0.15) is 0 Å². The van der Waals surface area contributed by atoms with Crippen molar-refractivity contribution >= 4 is 17.6 Å². The Labute approximate surface area is 142 Å². The van der Waals surface area contributed by atoms with E-state index >= 15 is 0 Å². The number of methoxy groups -OCH3 is 2. The Kier molecular flexibility index (Phi) is 7.08. The van der Waals surface area contributed by atoms with E-state index in [4.69, 9.17) is 25.4 Å². The number of nitro benzene ring substituents is 1. The van der Waals surface area contributed by atoms with E-state index in [9.17, 15) is 19.7 Å². The first-order chi connectivity index (χ1) is 11.7. The van der Waals surface area contributed by atoms with Gasteiger partial charge in [0.25, 0.3) is 5.69 Å². The van der Waals surface area contributed by atoms with Crippen LogP contribution >= 0.6 is 0 Å². The summed E-state index contributed by atoms with van der Waals surface area (Å²) in [4.78, 5) is 32.4. The fourth-order valence-corrected chi connectivity index (χ4v) is 2.15. The van der Waals surface area contributed by atoms with Crippen molar-refractivity contribution in [3.05, 3.63) is 27.8 Å². The SMILES string of the molecule is COc1cc(CNC(CC(=O)O)[C@H](N)C(=O)O)c([N+](=O)[O-])cc1OC. The van der Waals surface area contributed by atoms with Gasteiger partial charge in [-0.15, -0.1) is 0 Å². The van der Waals surface area contributed by atoms with Crippen LogP contribution in [0.1, 0.15) is 12.0 Å². The van der Waals surface area contributed by atoms with Gasteiger partial charge in [-0.3, -0.25) is 19.7 Å². The van der Waals surface area contributed by atoms with Gasteiger partial charge >= 0.3 is 11.9 Å². The molecule has 0 aliphatic heterocycles. The zero-order valence-electron chi connectivity index (χ0n) is 13.6. The fourth-order valence-electron chi connectivity index (χ4n) is 2.15. The number of nitrogens with one attached hydrogen (secondary N) is 1. The average molecular weight is 357 g/mol. The lowest BCUT2D eigenvalue weighted by Crippen LogP contribution is -2.50. The summed E-state index contributed by atoms with van der Waals surface area (Å²) >= 11 is 0. The second kappa shape index (κ2) is 8.80. The highest BCUT2D eigenvalue weighted by Gasteiger charge is 2.27. The molecular weight excluding hydrogens is 338 g/mol. The highest BCUT2D eigenvalue weighted by atomic mass is 16.6. The van der Waals surface area contributed by atoms with Crippen LogP contribution < -0.4 is 20.5 Å². The highest BCUT2D eigenvalue weighted by Crippen LogP contribution is 2.34. The van der Waals surface area contributed by atoms with Gasteiger partial charge < -0.3 is 30.7 Å². The topological polar surface area (TPSA) is 174 Å². The number of carboxylic acid groups (broad SMARTS) is 2. The third-order valence-electron chi connectivity index (χ3n) is 3.45. The smallest absolute Gasteiger partial charge is 0.322 e. The van der Waals surface area contributed by atoms with E-state index in [1.165, 1.54) is 26.4 Å². The second-order valence-electron chi connectivity index (χ2n) is 5.04. The number of carbonyl (C=O) groups is 2. The van der Waals surface area contributed by atoms with E-state index < -0.39 is 35.4 Å². The van der Waals surface area contributed by atoms with Crippen LogP contribution in [0.5, 0.6) is 11.5 Å². The van der Waals surface area contributed by atoms with Gasteiger partial charge in [0.15, 0.2) is 11.5 Å². The van der Waals surface area contributed by atoms with Crippen LogP contribution in [0.3, 0.4) is 0 Å². The first-order valence-electron chi connectivity index (χ1n) is 7.04. The Hall–Kier alpha value is -2.92. The Balaban J connectivity index is 3.12. The summed E-state index contributed by atoms with van der Waals surface area (Å²) in [7, 11) is 2.68. The van der Waals surface area contributed by atoms with Crippen LogP contribution in [0.15, 0.2) is 12.1 Å². The summed E-state index contributed by atoms with van der Waals surface area (Å²) in [5.74, 6) is -2.25. The summed E-state index contributed by atoms with van der Waals surface area (Å²) < 4.78 is 10.1. The largest absolute Gasteiger partial charge is 0.493 e. The molecule has 0 aliphatic carbocycles. The third kappa shape index (κ3) is 5.29. The second-order valence-corrected chi connectivity index (χ2v) is 5.04. The quantitative estimate of drug-likeness (QED) is 0.328. The van der Waals surface area contributed by atoms with Gasteiger partial charge in [0.1, 0.15) is 6.04 Å². The molecule has 0 spiro atoms. The fraction of sp³-hybridized carbons (Fsp3) is 0.429. The van der Waals surface area contributed by atoms with E-state index in [1.807, 2.05) is 0 Å². The van der Waals surface area contributed by atoms with Crippen molar-refractivity contribution in [1.29, 1.82) is 0 Å². The van der Waals surface area contributed by atoms with Crippen molar-refractivity contribution in [3.63, 3.8) is 0 Å². The lowest BCUT2D eigenvalue weighted by atomic mass is 10.0. The number of nitrogens with zero attached hydrogens (tertiary/aromatic N) is 1. The Bertz CT molecular complexity index is 664. The molecule has 0 fully saturated rings. The molecule has 2 atom stereocenters. The van der Waals surface area contributed by atoms with Crippen LogP contribution in [-0.2, 0) is 16.1 Å². The Morgan fingerprint density at radius 3 is 2.28 bits per heavy atom. The van der Waals surface area contributed by atoms with E-state index in [0.717, 1.165) is 0 Å². The van der Waals surface area contributed by atoms with Crippen LogP contribution in [0.25, 0.3) is 0 Å². The molecule has 0 saturated carbocycles. The normalized spacial score (nSPS) is 12.9. The third-order valence-corrected chi connectivity index (χ3v) is 3.45. The van der Waals surface area contributed by atoms with Gasteiger partial charge in [-0.05, 0) is 6.07 Å². The number of hydrogen-bond donors (Lipinski definition) is 4. The maximum absolute atomic E-state index is 11.2. The summed E-state index contributed by atoms with van der Waals surface area (Å²) in [6, 6.07) is -0.0919. The van der Waals surface area contributed by atoms with Gasteiger partial charge in [0, 0.05) is 18.2 Å². The van der Waals surface area contributed by atoms with Crippen molar-refractivity contribution in [2.24, 2.45) is 5.73 Å². The van der Waals surface area contributed by atoms with Crippen LogP contribution in [-0.4, -0.2) is 53.4 Å². The molecule has 0 saturated heterocycles. The standard InChI is InChI=1S/C14H19N3O8/c1-24-10-3-7(9(17(22)23)5-11(10)25-2)6-16-8(4-12(18)19)13(15)14(20)21/h3,5,8,13,16H,4,6,15H2,1-2H3,(H,18,19)(H,20,21)/t8?,13-/m0/s1. The van der Waals surface area contributed by atoms with Gasteiger partial charge in [0.2, 0.25) is 0 Å². The summed E-state index contributed by atoms with van der Waals surface area (Å²) in [6.45, 7) is -0.185. The van der Waals surface area contributed by atoms with Gasteiger partial charge in [-0.1, -0.05) is 0 Å². The number of aliphatic carboxylic acids is 2. The summed E-state index contributed by atoms with van der Waals surface area (Å²) in [5, 5.41) is 31.7. The molecule has 0 amide bonds. The molecule has 11 heteroatoms. The number of rotatable bonds is 10. The lowest BCUT2D eigenvalue weighted by molar-refractivity contribution is -0.385. The van der Waals surface area contributed by atoms with E-state index in [1.54, 1.807) is 0 Å². The van der Waals surface area contributed by atoms with Crippen LogP contribution in [0, 0.1) is 10.1 Å². The summed E-state index contributed by atoms with van der Waals surface area (Å²) in [5.41, 5.74) is 5.34. The maximum atomic E-state index is 11.2. The molecule has 1 aromatic rings. The zero-order chi connectivity index (χ0) is 19.1. The number of nitro groups is 1. The van der Waals surface area contributed by atoms with Crippen molar-refractivity contribution in [3.8, 4) is 11.5 Å². The lowest BCUT2D eigenvalue weighted by Gasteiger charge is -2.21. The number of carboxylic acids is 2. The Morgan fingerprint density at radius 1 is 1.28 bits per heavy atom. The predicted molar refractivity (Wildman–Crippen MR) is 84.7 cm³/mol. The molecule has 5 N–H and O–H groups in total. The molecule has 0 radical (unpaired) electrons. The van der Waals surface area contributed by atoms with E-state index in [2.05, 4.69) is 5.32 Å². The molecule has 0 heterocycles. The van der Waals surface area contributed by atoms with E-state index in [0.29, 0.717) is 0 Å². The number of benzene rings is 1. The molecule has 0 bridgehead atoms. The van der Waals surface area contributed by atoms with Crippen molar-refractivity contribution < 1.29 is 34.2 Å². The molecule has 11 nitrogen and oxygen atoms in total. The summed E-state index contributed by atoms with van der Waals surface area (Å²) in [6.07, 6.45) is -0.561. The molecule has 138 valence electrons. The van der Waals surface area contributed by atoms with Crippen LogP contribution in [0.2, 0.25) is 0 Å². The number of ether oxygens (including phenoxy) is 2. The van der Waals surface area contributed by atoms with Crippen molar-refractivity contribution in [2.75, 3.05) is 14.2 Å². The van der Waals surface area contributed by atoms with Crippen molar-refractivity contribution in [1.82, 2.24) is 5.32 Å². The minimum Gasteiger partial charge on any atom is -0.493 e. The van der Waals surface area contributed by atoms with Crippen molar-refractivity contribution in [2.45, 2.75) is 25.0 Å². The number of nitrogens with two attached hydrogens (primary N) is 1. The van der Waals surface area contributed by atoms with Gasteiger partial charge in [-0.25, -0.2) is 0 Å². The molecule has 25 heavy (non-hydrogen) atoms. The minimum atomic E-state index is -1.49. The average Bonchev–Trinajstić information content (AvgIpc) is 2.56. The van der Waals surface area contributed by atoms with Crippen LogP contribution in [0.4, 0.5) is 5.69 Å². The molecule has 1 aromatic carbocycles. The Morgan fingerprint density at radius 2 is 1.84 bits per heavy atom. The first-order valence-corrected chi connectivity index (χ1v) is 7.04. The van der Waals surface area contributed by atoms with E-state index in [-0.39, 0.29) is 29.3 Å². The number of hydrogen-bond acceptors (Lipinski definition) is 8. The molecule has 1 rings (SSSR count). The molecule has 1 unspecified atom stereocenters. The molecule has 0 aliphatic rings. The minimum absolute atomic E-state index is 0.155. The first kappa shape index (κ1) is 20.1. The molecular formula is C14H19N3O8. The highest BCUT2D eigenvalue weighted by molar-refractivity contribution is 5.76. The zero-order valence-corrected chi connectivity index (χ0v) is 13.6. The molecule has 0 aromatic heterocycles. The predicted octanol–water partition coefficient (Wildman–Crippen LogP) is -0.0432. The maximum Gasteiger partial charge on any atom is 0.322 e. The van der Waals surface area contributed by atoms with Gasteiger partial charge in [0.05, 0.1) is 31.6 Å².